The largest absolute Gasteiger partial charge is 0.508 e. The molecule has 0 heterocycles. The number of hydrogen-bond donors (Lipinski definition) is 3. The molecule has 6 nitrogen and oxygen atoms in total. The number of Topliss-reactive ketones (excluding diaryl/α,β-unsaturated/α-hetero) is 1. The zero-order chi connectivity index (χ0) is 19.1. The molecule has 26 heavy (non-hydrogen) atoms. The molecule has 2 atom stereocenters. The van der Waals surface area contributed by atoms with Gasteiger partial charge in [0.05, 0.1) is 0 Å². The fourth-order valence-electron chi connectivity index (χ4n) is 2.58. The summed E-state index contributed by atoms with van der Waals surface area (Å²) in [7, 11) is 0. The fraction of sp³-hybridized carbons (Fsp3) is 0.300. The van der Waals surface area contributed by atoms with Gasteiger partial charge in [-0.1, -0.05) is 19.1 Å². The Labute approximate surface area is 152 Å². The van der Waals surface area contributed by atoms with E-state index in [9.17, 15) is 19.8 Å². The number of carbonyl (C=O) groups is 2. The van der Waals surface area contributed by atoms with Crippen molar-refractivity contribution < 1.29 is 24.5 Å². The molecule has 0 saturated carbocycles. The van der Waals surface area contributed by atoms with Crippen molar-refractivity contribution in [3.05, 3.63) is 59.7 Å². The SMILES string of the molecule is CC(=O)c1ccc(NC(=O)O[C@H](c2ccc(O)cc2)[C@H](C)CCO)cc1. The van der Waals surface area contributed by atoms with Crippen molar-refractivity contribution in [1.82, 2.24) is 0 Å². The number of anilines is 1. The second kappa shape index (κ2) is 9.01. The van der Waals surface area contributed by atoms with Crippen molar-refractivity contribution in [2.24, 2.45) is 5.92 Å². The first-order chi connectivity index (χ1) is 12.4. The lowest BCUT2D eigenvalue weighted by atomic mass is 9.94. The van der Waals surface area contributed by atoms with Gasteiger partial charge >= 0.3 is 6.09 Å². The van der Waals surface area contributed by atoms with Crippen molar-refractivity contribution in [1.29, 1.82) is 0 Å². The summed E-state index contributed by atoms with van der Waals surface area (Å²) in [4.78, 5) is 23.6. The highest BCUT2D eigenvalue weighted by atomic mass is 16.6. The summed E-state index contributed by atoms with van der Waals surface area (Å²) in [6.45, 7) is 3.33. The average Bonchev–Trinajstić information content (AvgIpc) is 2.61. The maximum absolute atomic E-state index is 12.3. The Bertz CT molecular complexity index is 740. The molecule has 6 heteroatoms. The van der Waals surface area contributed by atoms with Gasteiger partial charge in [-0.3, -0.25) is 10.1 Å². The molecule has 0 aliphatic rings. The number of aliphatic hydroxyl groups is 1. The van der Waals surface area contributed by atoms with E-state index >= 15 is 0 Å². The second-order valence-corrected chi connectivity index (χ2v) is 6.17. The van der Waals surface area contributed by atoms with E-state index in [4.69, 9.17) is 4.74 Å². The van der Waals surface area contributed by atoms with Crippen molar-refractivity contribution in [2.75, 3.05) is 11.9 Å². The van der Waals surface area contributed by atoms with E-state index in [-0.39, 0.29) is 24.1 Å². The summed E-state index contributed by atoms with van der Waals surface area (Å²) in [5, 5.41) is 21.3. The summed E-state index contributed by atoms with van der Waals surface area (Å²) in [5.41, 5.74) is 1.80. The Kier molecular flexibility index (Phi) is 6.74. The van der Waals surface area contributed by atoms with Gasteiger partial charge in [0.15, 0.2) is 5.78 Å². The van der Waals surface area contributed by atoms with Crippen LogP contribution in [-0.4, -0.2) is 28.7 Å². The standard InChI is InChI=1S/C20H23NO5/c1-13(11-12-22)19(16-5-9-18(24)10-6-16)26-20(25)21-17-7-3-15(4-8-17)14(2)23/h3-10,13,19,22,24H,11-12H2,1-2H3,(H,21,25)/t13-,19+/m1/s1. The first-order valence-electron chi connectivity index (χ1n) is 8.39. The molecule has 0 radical (unpaired) electrons. The van der Waals surface area contributed by atoms with E-state index in [1.165, 1.54) is 19.1 Å². The minimum absolute atomic E-state index is 0.0206. The van der Waals surface area contributed by atoms with Crippen molar-refractivity contribution >= 4 is 17.6 Å². The van der Waals surface area contributed by atoms with Crippen molar-refractivity contribution in [3.63, 3.8) is 0 Å². The summed E-state index contributed by atoms with van der Waals surface area (Å²) < 4.78 is 5.56. The zero-order valence-electron chi connectivity index (χ0n) is 14.8. The van der Waals surface area contributed by atoms with Crippen LogP contribution in [0.3, 0.4) is 0 Å². The number of hydrogen-bond acceptors (Lipinski definition) is 5. The molecule has 0 aromatic heterocycles. The second-order valence-electron chi connectivity index (χ2n) is 6.17. The van der Waals surface area contributed by atoms with Gasteiger partial charge < -0.3 is 14.9 Å². The lowest BCUT2D eigenvalue weighted by molar-refractivity contribution is 0.0667. The normalized spacial score (nSPS) is 12.9. The quantitative estimate of drug-likeness (QED) is 0.653. The summed E-state index contributed by atoms with van der Waals surface area (Å²) in [6.07, 6.45) is -0.741. The van der Waals surface area contributed by atoms with Gasteiger partial charge in [0.1, 0.15) is 11.9 Å². The molecule has 0 fully saturated rings. The Hall–Kier alpha value is -2.86. The predicted octanol–water partition coefficient (Wildman–Crippen LogP) is 3.90. The highest BCUT2D eigenvalue weighted by Gasteiger charge is 2.23. The Morgan fingerprint density at radius 2 is 1.69 bits per heavy atom. The molecule has 138 valence electrons. The third-order valence-electron chi connectivity index (χ3n) is 4.09. The number of nitrogens with one attached hydrogen (secondary N) is 1. The molecule has 2 aromatic rings. The van der Waals surface area contributed by atoms with Gasteiger partial charge in [-0.25, -0.2) is 4.79 Å². The van der Waals surface area contributed by atoms with Gasteiger partial charge in [0, 0.05) is 17.9 Å². The minimum atomic E-state index is -0.636. The van der Waals surface area contributed by atoms with Gasteiger partial charge in [-0.2, -0.15) is 0 Å². The third-order valence-corrected chi connectivity index (χ3v) is 4.09. The zero-order valence-corrected chi connectivity index (χ0v) is 14.8. The highest BCUT2D eigenvalue weighted by Crippen LogP contribution is 2.30. The summed E-state index contributed by atoms with van der Waals surface area (Å²) >= 11 is 0. The van der Waals surface area contributed by atoms with Gasteiger partial charge in [0.2, 0.25) is 0 Å². The van der Waals surface area contributed by atoms with Crippen LogP contribution in [0.15, 0.2) is 48.5 Å². The lowest BCUT2D eigenvalue weighted by Crippen LogP contribution is -2.22. The third kappa shape index (κ3) is 5.32. The van der Waals surface area contributed by atoms with Crippen molar-refractivity contribution in [2.45, 2.75) is 26.4 Å². The van der Waals surface area contributed by atoms with Crippen LogP contribution in [0.1, 0.15) is 42.3 Å². The maximum atomic E-state index is 12.3. The number of phenolic OH excluding ortho intramolecular Hbond substituents is 1. The monoisotopic (exact) mass is 357 g/mol. The number of aliphatic hydroxyl groups excluding tert-OH is 1. The molecule has 0 aliphatic carbocycles. The molecule has 2 rings (SSSR count). The van der Waals surface area contributed by atoms with Gasteiger partial charge in [0.25, 0.3) is 0 Å². The average molecular weight is 357 g/mol. The number of amides is 1. The molecular formula is C20H23NO5. The Morgan fingerprint density at radius 3 is 2.23 bits per heavy atom. The number of aromatic hydroxyl groups is 1. The van der Waals surface area contributed by atoms with Crippen LogP contribution in [-0.2, 0) is 4.74 Å². The first-order valence-corrected chi connectivity index (χ1v) is 8.39. The molecule has 0 aliphatic heterocycles. The molecule has 0 saturated heterocycles. The smallest absolute Gasteiger partial charge is 0.412 e. The van der Waals surface area contributed by atoms with Crippen LogP contribution < -0.4 is 5.32 Å². The van der Waals surface area contributed by atoms with Crippen LogP contribution in [0, 0.1) is 5.92 Å². The number of phenols is 1. The molecule has 1 amide bonds. The number of ketones is 1. The van der Waals surface area contributed by atoms with Gasteiger partial charge in [-0.15, -0.1) is 0 Å². The molecule has 0 spiro atoms. The van der Waals surface area contributed by atoms with Gasteiger partial charge in [-0.05, 0) is 61.2 Å². The van der Waals surface area contributed by atoms with Crippen LogP contribution in [0.2, 0.25) is 0 Å². The molecular weight excluding hydrogens is 334 g/mol. The maximum Gasteiger partial charge on any atom is 0.412 e. The van der Waals surface area contributed by atoms with E-state index in [1.807, 2.05) is 6.92 Å². The summed E-state index contributed by atoms with van der Waals surface area (Å²) in [5.74, 6) is -0.0444. The predicted molar refractivity (Wildman–Crippen MR) is 98.3 cm³/mol. The lowest BCUT2D eigenvalue weighted by Gasteiger charge is -2.24. The van der Waals surface area contributed by atoms with E-state index in [1.54, 1.807) is 36.4 Å². The minimum Gasteiger partial charge on any atom is -0.508 e. The molecule has 2 aromatic carbocycles. The summed E-state index contributed by atoms with van der Waals surface area (Å²) in [6, 6.07) is 12.9. The van der Waals surface area contributed by atoms with Crippen LogP contribution >= 0.6 is 0 Å². The van der Waals surface area contributed by atoms with E-state index in [0.29, 0.717) is 17.7 Å². The fourth-order valence-corrected chi connectivity index (χ4v) is 2.58. The Balaban J connectivity index is 2.09. The van der Waals surface area contributed by atoms with Crippen molar-refractivity contribution in [3.8, 4) is 5.75 Å². The molecule has 3 N–H and O–H groups in total. The Morgan fingerprint density at radius 1 is 1.08 bits per heavy atom. The first kappa shape index (κ1) is 19.5. The van der Waals surface area contributed by atoms with E-state index in [0.717, 1.165) is 5.56 Å². The van der Waals surface area contributed by atoms with Crippen LogP contribution in [0.4, 0.5) is 10.5 Å². The van der Waals surface area contributed by atoms with E-state index < -0.39 is 12.2 Å². The number of benzene rings is 2. The molecule has 0 bridgehead atoms. The topological polar surface area (TPSA) is 95.9 Å². The van der Waals surface area contributed by atoms with E-state index in [2.05, 4.69) is 5.32 Å². The van der Waals surface area contributed by atoms with Crippen LogP contribution in [0.25, 0.3) is 0 Å². The highest BCUT2D eigenvalue weighted by molar-refractivity contribution is 5.94. The number of carbonyl (C=O) groups excluding carboxylic acids is 2. The number of ether oxygens (including phenoxy) is 1. The van der Waals surface area contributed by atoms with Crippen LogP contribution in [0.5, 0.6) is 5.75 Å². The number of rotatable bonds is 7. The molecule has 0 unspecified atom stereocenters.